The molecule has 0 spiro atoms. The summed E-state index contributed by atoms with van der Waals surface area (Å²) >= 11 is 0. The van der Waals surface area contributed by atoms with Crippen LogP contribution < -0.4 is 5.32 Å². The third-order valence-electron chi connectivity index (χ3n) is 2.89. The Bertz CT molecular complexity index is 757. The van der Waals surface area contributed by atoms with Gasteiger partial charge in [0.1, 0.15) is 5.75 Å². The third-order valence-corrected chi connectivity index (χ3v) is 2.89. The van der Waals surface area contributed by atoms with Gasteiger partial charge in [0.15, 0.2) is 0 Å². The van der Waals surface area contributed by atoms with Crippen molar-refractivity contribution >= 4 is 53.1 Å². The van der Waals surface area contributed by atoms with Crippen molar-refractivity contribution in [1.82, 2.24) is 0 Å². The van der Waals surface area contributed by atoms with Crippen LogP contribution in [0.1, 0.15) is 31.1 Å². The second-order valence-corrected chi connectivity index (χ2v) is 4.37. The number of benzene rings is 2. The van der Waals surface area contributed by atoms with E-state index in [1.807, 2.05) is 0 Å². The molecule has 2 aromatic rings. The monoisotopic (exact) mass is 325 g/mol. The molecule has 2 aromatic carbocycles. The van der Waals surface area contributed by atoms with E-state index in [1.54, 1.807) is 0 Å². The number of aromatic carboxylic acids is 2. The van der Waals surface area contributed by atoms with Gasteiger partial charge in [-0.05, 0) is 42.5 Å². The number of carboxylic acid groups (broad SMARTS) is 2. The zero-order chi connectivity index (χ0) is 16.3. The molecule has 0 fully saturated rings. The molecule has 0 aromatic heterocycles. The van der Waals surface area contributed by atoms with E-state index in [4.69, 9.17) is 10.2 Å². The first-order valence-corrected chi connectivity index (χ1v) is 6.09. The van der Waals surface area contributed by atoms with Crippen LogP contribution in [0.5, 0.6) is 5.75 Å². The van der Waals surface area contributed by atoms with Crippen LogP contribution in [-0.4, -0.2) is 62.7 Å². The summed E-state index contributed by atoms with van der Waals surface area (Å²) in [5.74, 6) is -3.18. The Morgan fingerprint density at radius 3 is 1.78 bits per heavy atom. The summed E-state index contributed by atoms with van der Waals surface area (Å²) in [7, 11) is 0. The fourth-order valence-corrected chi connectivity index (χ4v) is 1.73. The topological polar surface area (TPSA) is 124 Å². The number of amides is 1. The maximum absolute atomic E-state index is 12.0. The summed E-state index contributed by atoms with van der Waals surface area (Å²) in [5.41, 5.74) is 0.0685. The molecule has 0 unspecified atom stereocenters. The Balaban J connectivity index is 0.00000264. The summed E-state index contributed by atoms with van der Waals surface area (Å²) in [5, 5.41) is 29.7. The summed E-state index contributed by atoms with van der Waals surface area (Å²) in [4.78, 5) is 33.6. The predicted molar refractivity (Wildman–Crippen MR) is 83.6 cm³/mol. The van der Waals surface area contributed by atoms with Crippen molar-refractivity contribution in [2.45, 2.75) is 0 Å². The molecule has 0 aliphatic rings. The Morgan fingerprint density at radius 2 is 1.26 bits per heavy atom. The van der Waals surface area contributed by atoms with Gasteiger partial charge in [-0.1, -0.05) is 0 Å². The normalized spacial score (nSPS) is 9.57. The SMILES string of the molecule is O=C(O)c1ccc(C(=O)Nc2cc(C(=O)O)ccc2O)cc1.[NaH]. The molecular weight excluding hydrogens is 313 g/mol. The van der Waals surface area contributed by atoms with Crippen molar-refractivity contribution in [3.05, 3.63) is 59.2 Å². The molecular formula is C15H12NNaO6. The van der Waals surface area contributed by atoms with Gasteiger partial charge < -0.3 is 20.6 Å². The zero-order valence-electron chi connectivity index (χ0n) is 11.1. The third kappa shape index (κ3) is 4.56. The molecule has 0 bridgehead atoms. The van der Waals surface area contributed by atoms with Crippen LogP contribution in [0.4, 0.5) is 5.69 Å². The van der Waals surface area contributed by atoms with E-state index in [9.17, 15) is 19.5 Å². The van der Waals surface area contributed by atoms with Crippen molar-refractivity contribution in [2.24, 2.45) is 0 Å². The minimum absolute atomic E-state index is 0. The van der Waals surface area contributed by atoms with Crippen LogP contribution in [0.3, 0.4) is 0 Å². The average molecular weight is 325 g/mol. The number of anilines is 1. The van der Waals surface area contributed by atoms with Gasteiger partial charge in [0.05, 0.1) is 16.8 Å². The van der Waals surface area contributed by atoms with Crippen LogP contribution in [0.2, 0.25) is 0 Å². The van der Waals surface area contributed by atoms with E-state index in [1.165, 1.54) is 30.3 Å². The number of rotatable bonds is 4. The summed E-state index contributed by atoms with van der Waals surface area (Å²) in [6.07, 6.45) is 0. The zero-order valence-corrected chi connectivity index (χ0v) is 11.1. The molecule has 114 valence electrons. The van der Waals surface area contributed by atoms with Gasteiger partial charge in [-0.25, -0.2) is 9.59 Å². The summed E-state index contributed by atoms with van der Waals surface area (Å²) in [6.45, 7) is 0. The number of hydrogen-bond acceptors (Lipinski definition) is 4. The first-order valence-electron chi connectivity index (χ1n) is 6.09. The van der Waals surface area contributed by atoms with Gasteiger partial charge in [-0.3, -0.25) is 4.79 Å². The number of aromatic hydroxyl groups is 1. The molecule has 0 radical (unpaired) electrons. The molecule has 8 heteroatoms. The van der Waals surface area contributed by atoms with E-state index in [0.717, 1.165) is 12.1 Å². The Kier molecular flexibility index (Phi) is 6.32. The summed E-state index contributed by atoms with van der Waals surface area (Å²) < 4.78 is 0. The van der Waals surface area contributed by atoms with Crippen LogP contribution >= 0.6 is 0 Å². The Labute approximate surface area is 152 Å². The van der Waals surface area contributed by atoms with Crippen molar-refractivity contribution in [3.8, 4) is 5.75 Å². The van der Waals surface area contributed by atoms with Crippen LogP contribution in [0.25, 0.3) is 0 Å². The standard InChI is InChI=1S/C15H11NO6.Na.H/c17-12-6-5-10(15(21)22)7-11(12)16-13(18)8-1-3-9(4-2-8)14(19)20;;/h1-7,17H,(H,16,18)(H,19,20)(H,21,22);;. The molecule has 1 amide bonds. The first-order chi connectivity index (χ1) is 10.4. The second-order valence-electron chi connectivity index (χ2n) is 4.37. The number of phenols is 1. The molecule has 0 heterocycles. The summed E-state index contributed by atoms with van der Waals surface area (Å²) in [6, 6.07) is 8.66. The van der Waals surface area contributed by atoms with E-state index in [2.05, 4.69) is 5.32 Å². The number of hydrogen-bond donors (Lipinski definition) is 4. The van der Waals surface area contributed by atoms with Gasteiger partial charge >= 0.3 is 41.5 Å². The van der Waals surface area contributed by atoms with Crippen LogP contribution in [0.15, 0.2) is 42.5 Å². The van der Waals surface area contributed by atoms with Crippen molar-refractivity contribution in [2.75, 3.05) is 5.32 Å². The Hall–Kier alpha value is -2.35. The first kappa shape index (κ1) is 18.7. The van der Waals surface area contributed by atoms with Crippen LogP contribution in [0, 0.1) is 0 Å². The maximum atomic E-state index is 12.0. The molecule has 0 atom stereocenters. The van der Waals surface area contributed by atoms with Crippen molar-refractivity contribution < 1.29 is 29.7 Å². The van der Waals surface area contributed by atoms with Gasteiger partial charge in [0, 0.05) is 5.56 Å². The second kappa shape index (κ2) is 7.77. The predicted octanol–water partition coefficient (Wildman–Crippen LogP) is 1.39. The molecule has 4 N–H and O–H groups in total. The number of nitrogens with one attached hydrogen (secondary N) is 1. The van der Waals surface area contributed by atoms with Gasteiger partial charge in [-0.15, -0.1) is 0 Å². The molecule has 7 nitrogen and oxygen atoms in total. The van der Waals surface area contributed by atoms with Gasteiger partial charge in [0.2, 0.25) is 0 Å². The fraction of sp³-hybridized carbons (Fsp3) is 0. The quantitative estimate of drug-likeness (QED) is 0.497. The average Bonchev–Trinajstić information content (AvgIpc) is 2.49. The molecule has 0 aliphatic carbocycles. The molecule has 0 aliphatic heterocycles. The molecule has 0 saturated carbocycles. The van der Waals surface area contributed by atoms with E-state index >= 15 is 0 Å². The van der Waals surface area contributed by atoms with Gasteiger partial charge in [0.25, 0.3) is 5.91 Å². The number of carbonyl (C=O) groups is 3. The van der Waals surface area contributed by atoms with Gasteiger partial charge in [-0.2, -0.15) is 0 Å². The molecule has 0 saturated heterocycles. The van der Waals surface area contributed by atoms with Crippen molar-refractivity contribution in [1.29, 1.82) is 0 Å². The van der Waals surface area contributed by atoms with Crippen LogP contribution in [-0.2, 0) is 0 Å². The fourth-order valence-electron chi connectivity index (χ4n) is 1.73. The molecule has 23 heavy (non-hydrogen) atoms. The number of phenolic OH excluding ortho intramolecular Hbond substituents is 1. The molecule has 2 rings (SSSR count). The number of carboxylic acids is 2. The van der Waals surface area contributed by atoms with E-state index in [0.29, 0.717) is 0 Å². The van der Waals surface area contributed by atoms with E-state index in [-0.39, 0.29) is 57.7 Å². The Morgan fingerprint density at radius 1 is 0.783 bits per heavy atom. The minimum atomic E-state index is -1.19. The van der Waals surface area contributed by atoms with Crippen molar-refractivity contribution in [3.63, 3.8) is 0 Å². The number of carbonyl (C=O) groups excluding carboxylic acids is 1. The van der Waals surface area contributed by atoms with E-state index < -0.39 is 17.8 Å².